The minimum Gasteiger partial charge on any atom is -0.466 e. The van der Waals surface area contributed by atoms with E-state index in [1.54, 1.807) is 11.8 Å². The van der Waals surface area contributed by atoms with Crippen LogP contribution in [0.2, 0.25) is 0 Å². The number of fused-ring (bicyclic) bond motifs is 1. The zero-order chi connectivity index (χ0) is 14.9. The highest BCUT2D eigenvalue weighted by Gasteiger charge is 2.39. The minimum absolute atomic E-state index is 0.0261. The van der Waals surface area contributed by atoms with Gasteiger partial charge in [0.25, 0.3) is 5.91 Å². The van der Waals surface area contributed by atoms with Crippen molar-refractivity contribution in [2.75, 3.05) is 6.61 Å². The third-order valence-corrected chi connectivity index (χ3v) is 3.98. The molecule has 0 atom stereocenters. The molecule has 1 aliphatic rings. The third-order valence-electron chi connectivity index (χ3n) is 3.48. The predicted molar refractivity (Wildman–Crippen MR) is 79.3 cm³/mol. The Bertz CT molecular complexity index is 554. The highest BCUT2D eigenvalue weighted by molar-refractivity contribution is 9.10. The molecule has 1 aromatic rings. The lowest BCUT2D eigenvalue weighted by molar-refractivity contribution is -0.145. The number of nitrogens with zero attached hydrogens (tertiary/aromatic N) is 1. The van der Waals surface area contributed by atoms with Gasteiger partial charge in [-0.3, -0.25) is 9.59 Å². The number of ether oxygens (including phenoxy) is 1. The number of benzene rings is 1. The molecule has 0 radical (unpaired) electrons. The second-order valence-corrected chi connectivity index (χ2v) is 6.40. The molecule has 1 aliphatic heterocycles. The maximum absolute atomic E-state index is 12.5. The van der Waals surface area contributed by atoms with E-state index < -0.39 is 5.54 Å². The first kappa shape index (κ1) is 15.0. The smallest absolute Gasteiger partial charge is 0.308 e. The number of amides is 1. The molecular weight excluding hydrogens is 322 g/mol. The third kappa shape index (κ3) is 2.87. The van der Waals surface area contributed by atoms with Gasteiger partial charge in [-0.05, 0) is 44.5 Å². The number of halogens is 1. The van der Waals surface area contributed by atoms with Gasteiger partial charge in [0.15, 0.2) is 0 Å². The van der Waals surface area contributed by atoms with Crippen molar-refractivity contribution in [1.29, 1.82) is 0 Å². The number of carbonyl (C=O) groups is 2. The van der Waals surface area contributed by atoms with Gasteiger partial charge in [-0.25, -0.2) is 0 Å². The van der Waals surface area contributed by atoms with E-state index in [0.717, 1.165) is 10.0 Å². The van der Waals surface area contributed by atoms with Crippen LogP contribution in [0.25, 0.3) is 0 Å². The SMILES string of the molecule is CCOC(=O)CC(C)(C)N1Cc2cc(Br)ccc2C1=O. The van der Waals surface area contributed by atoms with Crippen LogP contribution in [0.15, 0.2) is 22.7 Å². The molecule has 108 valence electrons. The van der Waals surface area contributed by atoms with Crippen LogP contribution >= 0.6 is 15.9 Å². The summed E-state index contributed by atoms with van der Waals surface area (Å²) in [4.78, 5) is 25.9. The summed E-state index contributed by atoms with van der Waals surface area (Å²) in [6, 6.07) is 5.63. The van der Waals surface area contributed by atoms with E-state index >= 15 is 0 Å². The standard InChI is InChI=1S/C15H18BrNO3/c1-4-20-13(18)8-15(2,3)17-9-10-7-11(16)5-6-12(10)14(17)19/h5-7H,4,8-9H2,1-3H3. The maximum Gasteiger partial charge on any atom is 0.308 e. The zero-order valence-electron chi connectivity index (χ0n) is 11.9. The van der Waals surface area contributed by atoms with Gasteiger partial charge in [-0.1, -0.05) is 15.9 Å². The largest absolute Gasteiger partial charge is 0.466 e. The minimum atomic E-state index is -0.561. The Labute approximate surface area is 127 Å². The van der Waals surface area contributed by atoms with Crippen molar-refractivity contribution in [3.05, 3.63) is 33.8 Å². The van der Waals surface area contributed by atoms with Gasteiger partial charge in [0.2, 0.25) is 0 Å². The summed E-state index contributed by atoms with van der Waals surface area (Å²) in [5.41, 5.74) is 1.14. The zero-order valence-corrected chi connectivity index (χ0v) is 13.5. The Morgan fingerprint density at radius 2 is 2.15 bits per heavy atom. The average Bonchev–Trinajstić information content (AvgIpc) is 2.66. The van der Waals surface area contributed by atoms with E-state index in [9.17, 15) is 9.59 Å². The van der Waals surface area contributed by atoms with Gasteiger partial charge in [-0.15, -0.1) is 0 Å². The first-order valence-corrected chi connectivity index (χ1v) is 7.40. The maximum atomic E-state index is 12.5. The van der Waals surface area contributed by atoms with Crippen molar-refractivity contribution in [1.82, 2.24) is 4.90 Å². The highest BCUT2D eigenvalue weighted by Crippen LogP contribution is 2.32. The van der Waals surface area contributed by atoms with E-state index in [1.807, 2.05) is 32.0 Å². The summed E-state index contributed by atoms with van der Waals surface area (Å²) >= 11 is 3.41. The van der Waals surface area contributed by atoms with E-state index in [4.69, 9.17) is 4.74 Å². The molecule has 0 aromatic heterocycles. The van der Waals surface area contributed by atoms with Crippen molar-refractivity contribution >= 4 is 27.8 Å². The molecule has 0 aliphatic carbocycles. The van der Waals surface area contributed by atoms with Crippen LogP contribution in [-0.2, 0) is 16.1 Å². The van der Waals surface area contributed by atoms with Gasteiger partial charge in [0, 0.05) is 22.1 Å². The Morgan fingerprint density at radius 1 is 1.45 bits per heavy atom. The van der Waals surface area contributed by atoms with Gasteiger partial charge < -0.3 is 9.64 Å². The number of hydrogen-bond acceptors (Lipinski definition) is 3. The molecule has 0 N–H and O–H groups in total. The van der Waals surface area contributed by atoms with Crippen LogP contribution in [0.3, 0.4) is 0 Å². The van der Waals surface area contributed by atoms with Gasteiger partial charge in [0.05, 0.1) is 13.0 Å². The Morgan fingerprint density at radius 3 is 2.80 bits per heavy atom. The van der Waals surface area contributed by atoms with Gasteiger partial charge in [0.1, 0.15) is 0 Å². The first-order valence-electron chi connectivity index (χ1n) is 6.61. The molecule has 4 nitrogen and oxygen atoms in total. The molecule has 0 unspecified atom stereocenters. The van der Waals surface area contributed by atoms with Crippen molar-refractivity contribution in [2.45, 2.75) is 39.3 Å². The van der Waals surface area contributed by atoms with E-state index in [2.05, 4.69) is 15.9 Å². The van der Waals surface area contributed by atoms with Crippen LogP contribution < -0.4 is 0 Å². The molecular formula is C15H18BrNO3. The molecule has 0 saturated heterocycles. The number of rotatable bonds is 4. The number of esters is 1. The molecule has 0 fully saturated rings. The first-order chi connectivity index (χ1) is 9.35. The van der Waals surface area contributed by atoms with Crippen molar-refractivity contribution in [2.24, 2.45) is 0 Å². The van der Waals surface area contributed by atoms with Crippen molar-refractivity contribution in [3.8, 4) is 0 Å². The predicted octanol–water partition coefficient (Wildman–Crippen LogP) is 3.14. The van der Waals surface area contributed by atoms with Crippen molar-refractivity contribution < 1.29 is 14.3 Å². The molecule has 1 heterocycles. The molecule has 0 bridgehead atoms. The molecule has 0 saturated carbocycles. The number of hydrogen-bond donors (Lipinski definition) is 0. The fourth-order valence-corrected chi connectivity index (χ4v) is 2.85. The van der Waals surface area contributed by atoms with E-state index in [0.29, 0.717) is 18.7 Å². The Kier molecular flexibility index (Phi) is 4.18. The molecule has 5 heteroatoms. The second kappa shape index (κ2) is 5.56. The van der Waals surface area contributed by atoms with E-state index in [-0.39, 0.29) is 18.3 Å². The average molecular weight is 340 g/mol. The summed E-state index contributed by atoms with van der Waals surface area (Å²) in [5.74, 6) is -0.302. The Hall–Kier alpha value is -1.36. The lowest BCUT2D eigenvalue weighted by Crippen LogP contribution is -2.45. The molecule has 20 heavy (non-hydrogen) atoms. The van der Waals surface area contributed by atoms with Crippen molar-refractivity contribution in [3.63, 3.8) is 0 Å². The second-order valence-electron chi connectivity index (χ2n) is 5.49. The monoisotopic (exact) mass is 339 g/mol. The summed E-state index contributed by atoms with van der Waals surface area (Å²) in [7, 11) is 0. The summed E-state index contributed by atoms with van der Waals surface area (Å²) < 4.78 is 5.94. The summed E-state index contributed by atoms with van der Waals surface area (Å²) in [6.45, 7) is 6.45. The lowest BCUT2D eigenvalue weighted by Gasteiger charge is -2.34. The summed E-state index contributed by atoms with van der Waals surface area (Å²) in [6.07, 6.45) is 0.196. The highest BCUT2D eigenvalue weighted by atomic mass is 79.9. The topological polar surface area (TPSA) is 46.6 Å². The summed E-state index contributed by atoms with van der Waals surface area (Å²) in [5, 5.41) is 0. The van der Waals surface area contributed by atoms with Crippen LogP contribution in [0, 0.1) is 0 Å². The molecule has 2 rings (SSSR count). The van der Waals surface area contributed by atoms with Crippen LogP contribution in [0.4, 0.5) is 0 Å². The van der Waals surface area contributed by atoms with Crippen LogP contribution in [0.1, 0.15) is 43.1 Å². The molecule has 1 amide bonds. The molecule has 0 spiro atoms. The van der Waals surface area contributed by atoms with Crippen LogP contribution in [0.5, 0.6) is 0 Å². The normalized spacial score (nSPS) is 14.4. The van der Waals surface area contributed by atoms with Gasteiger partial charge >= 0.3 is 5.97 Å². The molecule has 1 aromatic carbocycles. The van der Waals surface area contributed by atoms with E-state index in [1.165, 1.54) is 0 Å². The lowest BCUT2D eigenvalue weighted by atomic mass is 9.98. The fourth-order valence-electron chi connectivity index (χ4n) is 2.44. The van der Waals surface area contributed by atoms with Crippen LogP contribution in [-0.4, -0.2) is 28.9 Å². The quantitative estimate of drug-likeness (QED) is 0.791. The van der Waals surface area contributed by atoms with Gasteiger partial charge in [-0.2, -0.15) is 0 Å². The Balaban J connectivity index is 2.19. The number of carbonyl (C=O) groups excluding carboxylic acids is 2. The fraction of sp³-hybridized carbons (Fsp3) is 0.467.